The number of hydrogen-bond acceptors (Lipinski definition) is 3. The lowest BCUT2D eigenvalue weighted by Crippen LogP contribution is -2.31. The molecule has 0 radical (unpaired) electrons. The maximum atomic E-state index is 5.50. The van der Waals surface area contributed by atoms with Crippen LogP contribution in [0.5, 0.6) is 5.75 Å². The molecule has 2 bridgehead atoms. The van der Waals surface area contributed by atoms with Gasteiger partial charge in [-0.3, -0.25) is 4.90 Å². The van der Waals surface area contributed by atoms with Crippen LogP contribution in [0.2, 0.25) is 0 Å². The Bertz CT molecular complexity index is 544. The zero-order chi connectivity index (χ0) is 13.9. The quantitative estimate of drug-likeness (QED) is 0.854. The summed E-state index contributed by atoms with van der Waals surface area (Å²) in [7, 11) is 1.74. The summed E-state index contributed by atoms with van der Waals surface area (Å²) in [5.74, 6) is 7.91. The minimum absolute atomic E-state index is 0.400. The molecule has 0 aromatic heterocycles. The molecule has 3 rings (SSSR count). The second kappa shape index (κ2) is 5.87. The smallest absolute Gasteiger partial charge is 0.123 e. The first-order chi connectivity index (χ1) is 9.80. The highest BCUT2D eigenvalue weighted by Gasteiger charge is 2.37. The molecular weight excluding hydrogens is 248 g/mol. The van der Waals surface area contributed by atoms with E-state index < -0.39 is 0 Å². The Morgan fingerprint density at radius 3 is 2.95 bits per heavy atom. The predicted molar refractivity (Wildman–Crippen MR) is 80.5 cm³/mol. The lowest BCUT2D eigenvalue weighted by atomic mass is 10.1. The van der Waals surface area contributed by atoms with E-state index in [0.29, 0.717) is 6.54 Å². The summed E-state index contributed by atoms with van der Waals surface area (Å²) in [4.78, 5) is 2.60. The van der Waals surface area contributed by atoms with Crippen molar-refractivity contribution in [2.24, 2.45) is 11.7 Å². The number of rotatable bonds is 3. The van der Waals surface area contributed by atoms with Crippen molar-refractivity contribution in [1.29, 1.82) is 0 Å². The van der Waals surface area contributed by atoms with E-state index in [9.17, 15) is 0 Å². The normalized spacial score (nSPS) is 24.5. The molecule has 1 aliphatic carbocycles. The molecule has 1 aliphatic heterocycles. The SMILES string of the molecule is COc1ccc(C#CCN)cc1CN1CC2CCC1C2. The zero-order valence-electron chi connectivity index (χ0n) is 12.1. The van der Waals surface area contributed by atoms with Gasteiger partial charge in [0, 0.05) is 30.3 Å². The van der Waals surface area contributed by atoms with Crippen LogP contribution >= 0.6 is 0 Å². The van der Waals surface area contributed by atoms with Gasteiger partial charge in [0.25, 0.3) is 0 Å². The number of hydrogen-bond donors (Lipinski definition) is 1. The largest absolute Gasteiger partial charge is 0.496 e. The van der Waals surface area contributed by atoms with Gasteiger partial charge in [0.1, 0.15) is 5.75 Å². The first kappa shape index (κ1) is 13.5. The van der Waals surface area contributed by atoms with E-state index in [4.69, 9.17) is 10.5 Å². The van der Waals surface area contributed by atoms with E-state index in [1.165, 1.54) is 31.4 Å². The summed E-state index contributed by atoms with van der Waals surface area (Å²) >= 11 is 0. The van der Waals surface area contributed by atoms with Gasteiger partial charge in [0.05, 0.1) is 13.7 Å². The maximum absolute atomic E-state index is 5.50. The van der Waals surface area contributed by atoms with Gasteiger partial charge in [-0.05, 0) is 43.4 Å². The molecule has 106 valence electrons. The van der Waals surface area contributed by atoms with E-state index in [1.807, 2.05) is 12.1 Å². The molecule has 2 aliphatic rings. The number of ether oxygens (including phenoxy) is 1. The number of fused-ring (bicyclic) bond motifs is 2. The highest BCUT2D eigenvalue weighted by molar-refractivity contribution is 5.44. The molecule has 3 nitrogen and oxygen atoms in total. The molecule has 2 unspecified atom stereocenters. The van der Waals surface area contributed by atoms with Gasteiger partial charge in [0.15, 0.2) is 0 Å². The van der Waals surface area contributed by atoms with Crippen molar-refractivity contribution < 1.29 is 4.74 Å². The monoisotopic (exact) mass is 270 g/mol. The van der Waals surface area contributed by atoms with Crippen molar-refractivity contribution in [3.8, 4) is 17.6 Å². The van der Waals surface area contributed by atoms with Gasteiger partial charge >= 0.3 is 0 Å². The van der Waals surface area contributed by atoms with Crippen LogP contribution < -0.4 is 10.5 Å². The van der Waals surface area contributed by atoms with Crippen molar-refractivity contribution in [1.82, 2.24) is 4.90 Å². The van der Waals surface area contributed by atoms with E-state index >= 15 is 0 Å². The van der Waals surface area contributed by atoms with Crippen molar-refractivity contribution in [3.05, 3.63) is 29.3 Å². The second-order valence-electron chi connectivity index (χ2n) is 5.79. The number of nitrogens with zero attached hydrogens (tertiary/aromatic N) is 1. The molecule has 0 spiro atoms. The van der Waals surface area contributed by atoms with Crippen LogP contribution in [0.15, 0.2) is 18.2 Å². The molecule has 1 heterocycles. The summed E-state index contributed by atoms with van der Waals surface area (Å²) in [5, 5.41) is 0. The third-order valence-electron chi connectivity index (χ3n) is 4.51. The fourth-order valence-corrected chi connectivity index (χ4v) is 3.57. The van der Waals surface area contributed by atoms with Gasteiger partial charge in [-0.25, -0.2) is 0 Å². The fraction of sp³-hybridized carbons (Fsp3) is 0.529. The summed E-state index contributed by atoms with van der Waals surface area (Å²) in [6.45, 7) is 2.62. The molecule has 3 heteroatoms. The third-order valence-corrected chi connectivity index (χ3v) is 4.51. The Balaban J connectivity index is 1.79. The van der Waals surface area contributed by atoms with E-state index in [2.05, 4.69) is 22.8 Å². The van der Waals surface area contributed by atoms with Gasteiger partial charge in [0.2, 0.25) is 0 Å². The Kier molecular flexibility index (Phi) is 3.95. The highest BCUT2D eigenvalue weighted by Crippen LogP contribution is 2.38. The zero-order valence-corrected chi connectivity index (χ0v) is 12.1. The predicted octanol–water partition coefficient (Wildman–Crippen LogP) is 1.99. The van der Waals surface area contributed by atoms with Crippen LogP contribution in [-0.2, 0) is 6.54 Å². The van der Waals surface area contributed by atoms with E-state index in [1.54, 1.807) is 7.11 Å². The lowest BCUT2D eigenvalue weighted by Gasteiger charge is -2.27. The van der Waals surface area contributed by atoms with Crippen LogP contribution in [0.25, 0.3) is 0 Å². The van der Waals surface area contributed by atoms with Crippen molar-refractivity contribution in [2.45, 2.75) is 31.8 Å². The summed E-state index contributed by atoms with van der Waals surface area (Å²) in [6.07, 6.45) is 4.16. The van der Waals surface area contributed by atoms with Crippen molar-refractivity contribution in [2.75, 3.05) is 20.2 Å². The fourth-order valence-electron chi connectivity index (χ4n) is 3.57. The maximum Gasteiger partial charge on any atom is 0.123 e. The Morgan fingerprint density at radius 1 is 1.40 bits per heavy atom. The van der Waals surface area contributed by atoms with Gasteiger partial charge in [-0.15, -0.1) is 0 Å². The molecular formula is C17H22N2O. The Hall–Kier alpha value is -1.50. The third kappa shape index (κ3) is 2.67. The average Bonchev–Trinajstić information content (AvgIpc) is 3.08. The molecule has 1 aromatic rings. The second-order valence-corrected chi connectivity index (χ2v) is 5.79. The molecule has 2 N–H and O–H groups in total. The summed E-state index contributed by atoms with van der Waals surface area (Å²) in [5.41, 5.74) is 7.70. The van der Waals surface area contributed by atoms with Crippen LogP contribution in [0.4, 0.5) is 0 Å². The molecule has 2 atom stereocenters. The number of piperidine rings is 1. The van der Waals surface area contributed by atoms with Crippen molar-refractivity contribution >= 4 is 0 Å². The van der Waals surface area contributed by atoms with E-state index in [0.717, 1.165) is 29.8 Å². The van der Waals surface area contributed by atoms with Crippen LogP contribution in [0, 0.1) is 17.8 Å². The van der Waals surface area contributed by atoms with Crippen LogP contribution in [0.3, 0.4) is 0 Å². The van der Waals surface area contributed by atoms with Crippen LogP contribution in [0.1, 0.15) is 30.4 Å². The molecule has 1 saturated heterocycles. The van der Waals surface area contributed by atoms with Gasteiger partial charge < -0.3 is 10.5 Å². The first-order valence-corrected chi connectivity index (χ1v) is 7.40. The number of methoxy groups -OCH3 is 1. The lowest BCUT2D eigenvalue weighted by molar-refractivity contribution is 0.203. The van der Waals surface area contributed by atoms with Crippen LogP contribution in [-0.4, -0.2) is 31.1 Å². The topological polar surface area (TPSA) is 38.5 Å². The van der Waals surface area contributed by atoms with E-state index in [-0.39, 0.29) is 0 Å². The number of nitrogens with two attached hydrogens (primary N) is 1. The average molecular weight is 270 g/mol. The minimum Gasteiger partial charge on any atom is -0.496 e. The first-order valence-electron chi connectivity index (χ1n) is 7.40. The Labute approximate surface area is 121 Å². The highest BCUT2D eigenvalue weighted by atomic mass is 16.5. The van der Waals surface area contributed by atoms with Gasteiger partial charge in [-0.2, -0.15) is 0 Å². The van der Waals surface area contributed by atoms with Crippen molar-refractivity contribution in [3.63, 3.8) is 0 Å². The standard InChI is InChI=1S/C17H22N2O/c1-20-17-7-5-13(3-2-8-18)9-15(17)12-19-11-14-4-6-16(19)10-14/h5,7,9,14,16H,4,6,8,10-12,18H2,1H3. The van der Waals surface area contributed by atoms with Gasteiger partial charge in [-0.1, -0.05) is 11.8 Å². The molecule has 20 heavy (non-hydrogen) atoms. The number of benzene rings is 1. The summed E-state index contributed by atoms with van der Waals surface area (Å²) < 4.78 is 5.50. The molecule has 0 amide bonds. The summed E-state index contributed by atoms with van der Waals surface area (Å²) in [6, 6.07) is 6.95. The number of likely N-dealkylation sites (tertiary alicyclic amines) is 1. The Morgan fingerprint density at radius 2 is 2.30 bits per heavy atom. The molecule has 2 fully saturated rings. The minimum atomic E-state index is 0.400. The molecule has 1 aromatic carbocycles. The molecule has 1 saturated carbocycles.